The SMILES string of the molecule is O=c1cc(C=Cc2ccncc2)nc2sccn12. The number of thiazole rings is 1. The monoisotopic (exact) mass is 255 g/mol. The summed E-state index contributed by atoms with van der Waals surface area (Å²) in [6.45, 7) is 0. The van der Waals surface area contributed by atoms with Gasteiger partial charge in [-0.25, -0.2) is 4.98 Å². The van der Waals surface area contributed by atoms with Gasteiger partial charge in [-0.2, -0.15) is 0 Å². The van der Waals surface area contributed by atoms with Crippen LogP contribution in [0.3, 0.4) is 0 Å². The first-order chi connectivity index (χ1) is 8.83. The van der Waals surface area contributed by atoms with E-state index in [2.05, 4.69) is 9.97 Å². The standard InChI is InChI=1S/C13H9N3OS/c17-12-9-11(15-13-16(12)7-8-18-13)2-1-10-3-5-14-6-4-10/h1-9H. The smallest absolute Gasteiger partial charge is 0.259 e. The molecule has 0 aliphatic rings. The van der Waals surface area contributed by atoms with Crippen LogP contribution >= 0.6 is 11.3 Å². The lowest BCUT2D eigenvalue weighted by Gasteiger charge is -1.95. The predicted octanol–water partition coefficient (Wildman–Crippen LogP) is 2.32. The summed E-state index contributed by atoms with van der Waals surface area (Å²) >= 11 is 1.45. The summed E-state index contributed by atoms with van der Waals surface area (Å²) in [5, 5.41) is 1.85. The van der Waals surface area contributed by atoms with Gasteiger partial charge < -0.3 is 0 Å². The molecule has 18 heavy (non-hydrogen) atoms. The summed E-state index contributed by atoms with van der Waals surface area (Å²) in [6.07, 6.45) is 8.92. The van der Waals surface area contributed by atoms with Crippen molar-refractivity contribution in [2.75, 3.05) is 0 Å². The molecule has 0 radical (unpaired) electrons. The van der Waals surface area contributed by atoms with Crippen LogP contribution in [0, 0.1) is 0 Å². The molecule has 3 aromatic rings. The number of rotatable bonds is 2. The van der Waals surface area contributed by atoms with Gasteiger partial charge in [0.1, 0.15) is 0 Å². The molecule has 0 bridgehead atoms. The number of nitrogens with zero attached hydrogens (tertiary/aromatic N) is 3. The van der Waals surface area contributed by atoms with Crippen LogP contribution in [0.1, 0.15) is 11.3 Å². The van der Waals surface area contributed by atoms with Crippen LogP contribution in [-0.2, 0) is 0 Å². The molecule has 3 rings (SSSR count). The first kappa shape index (κ1) is 10.9. The Balaban J connectivity index is 2.00. The van der Waals surface area contributed by atoms with Crippen molar-refractivity contribution in [1.29, 1.82) is 0 Å². The Kier molecular flexibility index (Phi) is 2.74. The average molecular weight is 255 g/mol. The van der Waals surface area contributed by atoms with Crippen molar-refractivity contribution in [2.45, 2.75) is 0 Å². The van der Waals surface area contributed by atoms with Crippen molar-refractivity contribution in [3.05, 3.63) is 63.8 Å². The summed E-state index contributed by atoms with van der Waals surface area (Å²) in [4.78, 5) is 20.8. The summed E-state index contributed by atoms with van der Waals surface area (Å²) in [6, 6.07) is 5.32. The van der Waals surface area contributed by atoms with Gasteiger partial charge in [0.2, 0.25) is 0 Å². The Morgan fingerprint density at radius 3 is 2.89 bits per heavy atom. The number of fused-ring (bicyclic) bond motifs is 1. The molecule has 0 fully saturated rings. The highest BCUT2D eigenvalue weighted by Crippen LogP contribution is 2.09. The third-order valence-electron chi connectivity index (χ3n) is 2.48. The lowest BCUT2D eigenvalue weighted by molar-refractivity contribution is 1.07. The molecule has 0 aliphatic carbocycles. The van der Waals surface area contributed by atoms with Gasteiger partial charge in [-0.1, -0.05) is 6.08 Å². The van der Waals surface area contributed by atoms with Crippen molar-refractivity contribution >= 4 is 28.4 Å². The van der Waals surface area contributed by atoms with E-state index in [0.29, 0.717) is 10.7 Å². The van der Waals surface area contributed by atoms with Gasteiger partial charge in [-0.05, 0) is 23.8 Å². The topological polar surface area (TPSA) is 47.3 Å². The fourth-order valence-corrected chi connectivity index (χ4v) is 2.33. The lowest BCUT2D eigenvalue weighted by Crippen LogP contribution is -2.11. The molecule has 0 N–H and O–H groups in total. The van der Waals surface area contributed by atoms with E-state index in [9.17, 15) is 4.79 Å². The Hall–Kier alpha value is -2.27. The number of hydrogen-bond donors (Lipinski definition) is 0. The number of hydrogen-bond acceptors (Lipinski definition) is 4. The van der Waals surface area contributed by atoms with Gasteiger partial charge in [0.15, 0.2) is 4.96 Å². The second kappa shape index (κ2) is 4.54. The van der Waals surface area contributed by atoms with Crippen LogP contribution in [0.2, 0.25) is 0 Å². The van der Waals surface area contributed by atoms with E-state index in [4.69, 9.17) is 0 Å². The first-order valence-corrected chi connectivity index (χ1v) is 6.26. The zero-order valence-electron chi connectivity index (χ0n) is 9.35. The van der Waals surface area contributed by atoms with Crippen molar-refractivity contribution in [1.82, 2.24) is 14.4 Å². The van der Waals surface area contributed by atoms with Crippen LogP contribution < -0.4 is 5.56 Å². The van der Waals surface area contributed by atoms with E-state index in [1.54, 1.807) is 18.6 Å². The molecule has 3 heterocycles. The van der Waals surface area contributed by atoms with Crippen molar-refractivity contribution in [3.63, 3.8) is 0 Å². The molecular formula is C13H9N3OS. The molecule has 0 spiro atoms. The quantitative estimate of drug-likeness (QED) is 0.706. The van der Waals surface area contributed by atoms with E-state index < -0.39 is 0 Å². The van der Waals surface area contributed by atoms with Gasteiger partial charge in [-0.15, -0.1) is 11.3 Å². The molecule has 88 valence electrons. The highest BCUT2D eigenvalue weighted by molar-refractivity contribution is 7.15. The van der Waals surface area contributed by atoms with Crippen LogP contribution in [0.25, 0.3) is 17.1 Å². The second-order valence-electron chi connectivity index (χ2n) is 3.69. The molecule has 0 atom stereocenters. The van der Waals surface area contributed by atoms with E-state index in [0.717, 1.165) is 5.56 Å². The summed E-state index contributed by atoms with van der Waals surface area (Å²) in [7, 11) is 0. The van der Waals surface area contributed by atoms with E-state index in [1.165, 1.54) is 21.8 Å². The van der Waals surface area contributed by atoms with E-state index >= 15 is 0 Å². The number of aromatic nitrogens is 3. The Morgan fingerprint density at radius 2 is 2.06 bits per heavy atom. The molecule has 0 aromatic carbocycles. The lowest BCUT2D eigenvalue weighted by atomic mass is 10.2. The van der Waals surface area contributed by atoms with Gasteiger partial charge in [0, 0.05) is 30.0 Å². The zero-order chi connectivity index (χ0) is 12.4. The minimum Gasteiger partial charge on any atom is -0.269 e. The van der Waals surface area contributed by atoms with E-state index in [-0.39, 0.29) is 5.56 Å². The summed E-state index contributed by atoms with van der Waals surface area (Å²) in [5.41, 5.74) is 1.63. The highest BCUT2D eigenvalue weighted by Gasteiger charge is 2.00. The third kappa shape index (κ3) is 2.08. The van der Waals surface area contributed by atoms with Gasteiger partial charge in [0.25, 0.3) is 5.56 Å². The zero-order valence-corrected chi connectivity index (χ0v) is 10.2. The summed E-state index contributed by atoms with van der Waals surface area (Å²) < 4.78 is 1.54. The van der Waals surface area contributed by atoms with Gasteiger partial charge >= 0.3 is 0 Å². The summed E-state index contributed by atoms with van der Waals surface area (Å²) in [5.74, 6) is 0. The first-order valence-electron chi connectivity index (χ1n) is 5.38. The largest absolute Gasteiger partial charge is 0.269 e. The molecule has 0 aliphatic heterocycles. The minimum atomic E-state index is -0.0596. The molecule has 0 unspecified atom stereocenters. The van der Waals surface area contributed by atoms with Gasteiger partial charge in [0.05, 0.1) is 5.69 Å². The maximum Gasteiger partial charge on any atom is 0.259 e. The van der Waals surface area contributed by atoms with Gasteiger partial charge in [-0.3, -0.25) is 14.2 Å². The Morgan fingerprint density at radius 1 is 1.22 bits per heavy atom. The normalized spacial score (nSPS) is 11.3. The van der Waals surface area contributed by atoms with Crippen LogP contribution in [0.5, 0.6) is 0 Å². The Labute approximate surface area is 107 Å². The average Bonchev–Trinajstić information content (AvgIpc) is 2.86. The van der Waals surface area contributed by atoms with Crippen LogP contribution in [0.15, 0.2) is 47.0 Å². The fourth-order valence-electron chi connectivity index (χ4n) is 1.60. The fraction of sp³-hybridized carbons (Fsp3) is 0. The molecule has 0 saturated heterocycles. The minimum absolute atomic E-state index is 0.0596. The van der Waals surface area contributed by atoms with Crippen molar-refractivity contribution in [2.24, 2.45) is 0 Å². The maximum atomic E-state index is 11.8. The molecule has 3 aromatic heterocycles. The molecule has 0 amide bonds. The molecule has 5 heteroatoms. The molecular weight excluding hydrogens is 246 g/mol. The van der Waals surface area contributed by atoms with E-state index in [1.807, 2.05) is 29.7 Å². The molecule has 4 nitrogen and oxygen atoms in total. The second-order valence-corrected chi connectivity index (χ2v) is 4.56. The third-order valence-corrected chi connectivity index (χ3v) is 3.23. The Bertz CT molecular complexity index is 759. The van der Waals surface area contributed by atoms with Crippen molar-refractivity contribution < 1.29 is 0 Å². The maximum absolute atomic E-state index is 11.8. The highest BCUT2D eigenvalue weighted by atomic mass is 32.1. The molecule has 0 saturated carbocycles. The van der Waals surface area contributed by atoms with Crippen molar-refractivity contribution in [3.8, 4) is 0 Å². The predicted molar refractivity (Wildman–Crippen MR) is 72.5 cm³/mol. The number of pyridine rings is 1. The van der Waals surface area contributed by atoms with Crippen LogP contribution in [0.4, 0.5) is 0 Å². The van der Waals surface area contributed by atoms with Crippen LogP contribution in [-0.4, -0.2) is 14.4 Å².